The normalized spacial score (nSPS) is 49.4. The molecule has 0 radical (unpaired) electrons. The van der Waals surface area contributed by atoms with Crippen LogP contribution >= 0.6 is 0 Å². The van der Waals surface area contributed by atoms with E-state index in [-0.39, 0.29) is 36.2 Å². The van der Waals surface area contributed by atoms with Crippen LogP contribution in [0.4, 0.5) is 17.6 Å². The first-order chi connectivity index (χ1) is 19.5. The molecule has 8 aliphatic carbocycles. The standard InChI is InChI=1S/C29H38F4O6.C2H6/c30-26(31)14-38-29(39-15-27(26,32)33)22-6-18-7-23(29)10-25(8-18,9-22)24(34)35-11-19-12-36-28(37-13-19)20-2-16-1-17(4-20)5-21(28)3-16;1-2/h16-23H,1-15H2;1-2H3. The predicted octanol–water partition coefficient (Wildman–Crippen LogP) is 6.21. The second-order valence-corrected chi connectivity index (χ2v) is 14.4. The van der Waals surface area contributed by atoms with Gasteiger partial charge in [-0.3, -0.25) is 4.79 Å². The second kappa shape index (κ2) is 9.77. The van der Waals surface area contributed by atoms with Crippen molar-refractivity contribution < 1.29 is 46.0 Å². The zero-order chi connectivity index (χ0) is 28.8. The van der Waals surface area contributed by atoms with Crippen LogP contribution in [0.3, 0.4) is 0 Å². The summed E-state index contributed by atoms with van der Waals surface area (Å²) in [5.74, 6) is -8.80. The van der Waals surface area contributed by atoms with Gasteiger partial charge in [0, 0.05) is 29.6 Å². The lowest BCUT2D eigenvalue weighted by molar-refractivity contribution is -0.369. The van der Waals surface area contributed by atoms with E-state index in [0.717, 1.165) is 11.8 Å². The van der Waals surface area contributed by atoms with Crippen molar-refractivity contribution in [3.8, 4) is 0 Å². The Morgan fingerprint density at radius 3 is 1.63 bits per heavy atom. The average Bonchev–Trinajstić information content (AvgIpc) is 3.04. The Morgan fingerprint density at radius 1 is 0.659 bits per heavy atom. The molecular weight excluding hydrogens is 544 g/mol. The molecule has 232 valence electrons. The summed E-state index contributed by atoms with van der Waals surface area (Å²) in [5, 5.41) is 0. The first kappa shape index (κ1) is 28.8. The Hall–Kier alpha value is -0.970. The van der Waals surface area contributed by atoms with Gasteiger partial charge in [0.1, 0.15) is 13.2 Å². The number of ether oxygens (including phenoxy) is 5. The van der Waals surface area contributed by atoms with Gasteiger partial charge < -0.3 is 23.7 Å². The van der Waals surface area contributed by atoms with Gasteiger partial charge in [0.05, 0.1) is 25.2 Å². The highest BCUT2D eigenvalue weighted by Crippen LogP contribution is 2.66. The molecule has 0 aromatic rings. The lowest BCUT2D eigenvalue weighted by Crippen LogP contribution is -2.65. The van der Waals surface area contributed by atoms with Gasteiger partial charge in [-0.25, -0.2) is 0 Å². The number of alkyl halides is 4. The number of hydrogen-bond acceptors (Lipinski definition) is 6. The van der Waals surface area contributed by atoms with Crippen LogP contribution in [-0.4, -0.2) is 62.4 Å². The summed E-state index contributed by atoms with van der Waals surface area (Å²) >= 11 is 0. The molecule has 10 aliphatic rings. The number of halogens is 4. The summed E-state index contributed by atoms with van der Waals surface area (Å²) in [5.41, 5.74) is -0.745. The Bertz CT molecular complexity index is 960. The highest BCUT2D eigenvalue weighted by molar-refractivity contribution is 5.77. The maximum Gasteiger partial charge on any atom is 0.335 e. The van der Waals surface area contributed by atoms with E-state index >= 15 is 0 Å². The molecular formula is C31H44F4O6. The van der Waals surface area contributed by atoms with E-state index in [1.165, 1.54) is 32.1 Å². The third-order valence-corrected chi connectivity index (χ3v) is 12.1. The monoisotopic (exact) mass is 588 g/mol. The third-order valence-electron chi connectivity index (χ3n) is 12.1. The molecule has 0 N–H and O–H groups in total. The summed E-state index contributed by atoms with van der Waals surface area (Å²) in [4.78, 5) is 13.6. The van der Waals surface area contributed by atoms with Crippen molar-refractivity contribution in [1.82, 2.24) is 0 Å². The van der Waals surface area contributed by atoms with Gasteiger partial charge >= 0.3 is 17.8 Å². The molecule has 10 heteroatoms. The van der Waals surface area contributed by atoms with Crippen molar-refractivity contribution in [1.29, 1.82) is 0 Å². The molecule has 0 aromatic heterocycles. The Kier molecular flexibility index (Phi) is 6.85. The van der Waals surface area contributed by atoms with E-state index in [9.17, 15) is 22.4 Å². The van der Waals surface area contributed by atoms with Gasteiger partial charge in [0.2, 0.25) is 0 Å². The first-order valence-electron chi connectivity index (χ1n) is 16.0. The topological polar surface area (TPSA) is 63.2 Å². The Balaban J connectivity index is 0.00000135. The molecule has 0 aromatic carbocycles. The van der Waals surface area contributed by atoms with Crippen molar-refractivity contribution in [2.75, 3.05) is 33.0 Å². The van der Waals surface area contributed by atoms with Crippen molar-refractivity contribution >= 4 is 5.97 Å². The van der Waals surface area contributed by atoms with E-state index in [0.29, 0.717) is 57.2 Å². The van der Waals surface area contributed by atoms with E-state index in [1.54, 1.807) is 0 Å². The predicted molar refractivity (Wildman–Crippen MR) is 138 cm³/mol. The van der Waals surface area contributed by atoms with Crippen LogP contribution in [0.2, 0.25) is 0 Å². The summed E-state index contributed by atoms with van der Waals surface area (Å²) in [6.45, 7) is 2.50. The Morgan fingerprint density at radius 2 is 1.12 bits per heavy atom. The van der Waals surface area contributed by atoms with Gasteiger partial charge in [-0.1, -0.05) is 13.8 Å². The minimum Gasteiger partial charge on any atom is -0.465 e. The number of hydrogen-bond donors (Lipinski definition) is 0. The lowest BCUT2D eigenvalue weighted by atomic mass is 9.47. The molecule has 41 heavy (non-hydrogen) atoms. The van der Waals surface area contributed by atoms with Crippen LogP contribution in [0.1, 0.15) is 78.1 Å². The molecule has 8 bridgehead atoms. The van der Waals surface area contributed by atoms with E-state index in [1.807, 2.05) is 13.8 Å². The van der Waals surface area contributed by atoms with Crippen LogP contribution < -0.4 is 0 Å². The SMILES string of the molecule is CC.O=C(OCC1COC2(OC1)C1CC3CC(C1)CC2C3)C12CC3CC(C1)C1(OCC(F)(F)C(F)(F)CO1)C(C3)C2. The van der Waals surface area contributed by atoms with Gasteiger partial charge in [-0.15, -0.1) is 0 Å². The van der Waals surface area contributed by atoms with Crippen LogP contribution in [0, 0.1) is 52.8 Å². The van der Waals surface area contributed by atoms with Crippen LogP contribution in [-0.2, 0) is 28.5 Å². The highest BCUT2D eigenvalue weighted by atomic mass is 19.3. The summed E-state index contributed by atoms with van der Waals surface area (Å²) in [7, 11) is 0. The Labute approximate surface area is 239 Å². The molecule has 2 aliphatic heterocycles. The minimum absolute atomic E-state index is 0.0324. The molecule has 8 saturated carbocycles. The number of carbonyl (C=O) groups is 1. The largest absolute Gasteiger partial charge is 0.465 e. The van der Waals surface area contributed by atoms with Crippen LogP contribution in [0.5, 0.6) is 0 Å². The lowest BCUT2D eigenvalue weighted by Gasteiger charge is -2.62. The fraction of sp³-hybridized carbons (Fsp3) is 0.968. The van der Waals surface area contributed by atoms with Gasteiger partial charge in [-0.05, 0) is 82.0 Å². The first-order valence-corrected chi connectivity index (χ1v) is 16.0. The maximum atomic E-state index is 14.1. The zero-order valence-corrected chi connectivity index (χ0v) is 24.2. The molecule has 2 heterocycles. The third kappa shape index (κ3) is 4.26. The highest BCUT2D eigenvalue weighted by Gasteiger charge is 2.70. The minimum atomic E-state index is -4.29. The van der Waals surface area contributed by atoms with Gasteiger partial charge in [0.25, 0.3) is 0 Å². The van der Waals surface area contributed by atoms with Gasteiger partial charge in [-0.2, -0.15) is 17.6 Å². The van der Waals surface area contributed by atoms with Crippen molar-refractivity contribution in [3.63, 3.8) is 0 Å². The molecule has 2 unspecified atom stereocenters. The van der Waals surface area contributed by atoms with Crippen molar-refractivity contribution in [2.45, 2.75) is 101 Å². The summed E-state index contributed by atoms with van der Waals surface area (Å²) in [6.07, 6.45) is 8.78. The fourth-order valence-corrected chi connectivity index (χ4v) is 10.6. The molecule has 0 amide bonds. The molecule has 6 nitrogen and oxygen atoms in total. The quantitative estimate of drug-likeness (QED) is 0.289. The zero-order valence-electron chi connectivity index (χ0n) is 24.2. The second-order valence-electron chi connectivity index (χ2n) is 14.4. The molecule has 2 saturated heterocycles. The van der Waals surface area contributed by atoms with Crippen LogP contribution in [0.25, 0.3) is 0 Å². The van der Waals surface area contributed by atoms with Crippen molar-refractivity contribution in [3.05, 3.63) is 0 Å². The van der Waals surface area contributed by atoms with Gasteiger partial charge in [0.15, 0.2) is 11.6 Å². The number of rotatable bonds is 3. The average molecular weight is 589 g/mol. The van der Waals surface area contributed by atoms with E-state index in [4.69, 9.17) is 23.7 Å². The summed E-state index contributed by atoms with van der Waals surface area (Å²) in [6, 6.07) is 0. The van der Waals surface area contributed by atoms with Crippen molar-refractivity contribution in [2.24, 2.45) is 52.8 Å². The molecule has 10 fully saturated rings. The molecule has 2 atom stereocenters. The smallest absolute Gasteiger partial charge is 0.335 e. The summed E-state index contributed by atoms with van der Waals surface area (Å²) < 4.78 is 86.3. The van der Waals surface area contributed by atoms with Crippen LogP contribution in [0.15, 0.2) is 0 Å². The molecule has 10 rings (SSSR count). The molecule has 2 spiro atoms. The van der Waals surface area contributed by atoms with E-state index in [2.05, 4.69) is 0 Å². The number of carbonyl (C=O) groups excluding carboxylic acids is 1. The maximum absolute atomic E-state index is 14.1. The van der Waals surface area contributed by atoms with E-state index < -0.39 is 42.0 Å². The fourth-order valence-electron chi connectivity index (χ4n) is 10.6. The number of esters is 1.